The van der Waals surface area contributed by atoms with E-state index in [0.29, 0.717) is 50.7 Å². The molecule has 0 amide bonds. The number of aromatic nitrogens is 2. The zero-order valence-corrected chi connectivity index (χ0v) is 23.1. The van der Waals surface area contributed by atoms with Crippen molar-refractivity contribution in [3.05, 3.63) is 121 Å². The van der Waals surface area contributed by atoms with Crippen LogP contribution in [-0.2, 0) is 11.3 Å². The molecule has 0 radical (unpaired) electrons. The van der Waals surface area contributed by atoms with E-state index in [4.69, 9.17) is 39.2 Å². The Morgan fingerprint density at radius 2 is 1.75 bits per heavy atom. The Kier molecular flexibility index (Phi) is 7.65. The molecule has 1 N–H and O–H groups in total. The number of carbonyl (C=O) groups is 1. The first-order chi connectivity index (χ1) is 19.3. The van der Waals surface area contributed by atoms with E-state index in [1.54, 1.807) is 42.7 Å². The van der Waals surface area contributed by atoms with Crippen LogP contribution in [0.15, 0.2) is 77.6 Å². The number of halogens is 2. The van der Waals surface area contributed by atoms with Crippen LogP contribution in [0.5, 0.6) is 11.5 Å². The molecule has 0 fully saturated rings. The molecule has 0 bridgehead atoms. The predicted octanol–water partition coefficient (Wildman–Crippen LogP) is 8.18. The molecule has 40 heavy (non-hydrogen) atoms. The summed E-state index contributed by atoms with van der Waals surface area (Å²) in [5.74, 6) is 0.780. The second kappa shape index (κ2) is 11.3. The molecule has 0 saturated carbocycles. The summed E-state index contributed by atoms with van der Waals surface area (Å²) in [4.78, 5) is 31.9. The average Bonchev–Trinajstić information content (AvgIpc) is 3.36. The van der Waals surface area contributed by atoms with E-state index in [1.165, 1.54) is 0 Å². The van der Waals surface area contributed by atoms with Gasteiger partial charge < -0.3 is 19.0 Å². The number of esters is 1. The second-order valence-electron chi connectivity index (χ2n) is 9.08. The van der Waals surface area contributed by atoms with Gasteiger partial charge in [-0.05, 0) is 97.3 Å². The highest BCUT2D eigenvalue weighted by Crippen LogP contribution is 2.31. The first kappa shape index (κ1) is 27.1. The lowest BCUT2D eigenvalue weighted by Gasteiger charge is -2.17. The highest BCUT2D eigenvalue weighted by molar-refractivity contribution is 6.35. The minimum atomic E-state index is -0.409. The number of hydrogen-bond donors (Lipinski definition) is 1. The first-order valence-electron chi connectivity index (χ1n) is 12.4. The van der Waals surface area contributed by atoms with E-state index in [9.17, 15) is 9.59 Å². The number of aryl methyl sites for hydroxylation is 1. The Bertz CT molecular complexity index is 1850. The van der Waals surface area contributed by atoms with E-state index in [-0.39, 0.29) is 12.2 Å². The molecule has 2 aromatic heterocycles. The van der Waals surface area contributed by atoms with Gasteiger partial charge in [0.05, 0.1) is 19.7 Å². The number of nitrogens with zero attached hydrogens (tertiary/aromatic N) is 2. The Balaban J connectivity index is 1.45. The lowest BCUT2D eigenvalue weighted by molar-refractivity contribution is 0.0520. The monoisotopic (exact) mass is 571 g/mol. The van der Waals surface area contributed by atoms with E-state index in [1.807, 2.05) is 48.5 Å². The summed E-state index contributed by atoms with van der Waals surface area (Å²) < 4.78 is 12.7. The summed E-state index contributed by atoms with van der Waals surface area (Å²) in [6.07, 6.45) is 0. The third kappa shape index (κ3) is 5.46. The van der Waals surface area contributed by atoms with E-state index in [0.717, 1.165) is 16.5 Å². The van der Waals surface area contributed by atoms with Crippen molar-refractivity contribution in [1.29, 1.82) is 0 Å². The molecule has 0 aliphatic carbocycles. The minimum Gasteiger partial charge on any atom is -0.461 e. The van der Waals surface area contributed by atoms with Crippen LogP contribution in [0.4, 0.5) is 5.69 Å². The molecule has 3 aromatic carbocycles. The number of rotatable bonds is 7. The maximum Gasteiger partial charge on any atom is 0.354 e. The van der Waals surface area contributed by atoms with Gasteiger partial charge in [0.1, 0.15) is 17.2 Å². The maximum absolute atomic E-state index is 13.3. The Labute approximate surface area is 240 Å². The van der Waals surface area contributed by atoms with Crippen molar-refractivity contribution in [3.63, 3.8) is 0 Å². The molecule has 0 spiro atoms. The number of benzene rings is 3. The van der Waals surface area contributed by atoms with Gasteiger partial charge in [0.25, 0.3) is 11.2 Å². The minimum absolute atomic E-state index is 0.0695. The van der Waals surface area contributed by atoms with Crippen LogP contribution in [0.3, 0.4) is 0 Å². The first-order valence-corrected chi connectivity index (χ1v) is 13.2. The Morgan fingerprint density at radius 3 is 2.45 bits per heavy atom. The number of carbonyl (C=O) groups excluding carboxylic acids is 1. The standard InChI is InChI=1S/C31H23Cl2N3O4/c1-4-39-31(38)27-15-21-14-24(11-12-26(21)35-27)40-23-9-6-19(7-10-23)28-13-18(2)29(34-3)30(37)36(28)17-20-5-8-22(32)16-25(20)33/h5-16,35H,4,17H2,1-2H3. The molecular formula is C31H23Cl2N3O4. The Morgan fingerprint density at radius 1 is 1.00 bits per heavy atom. The lowest BCUT2D eigenvalue weighted by atomic mass is 10.1. The molecule has 2 heterocycles. The third-order valence-corrected chi connectivity index (χ3v) is 6.98. The van der Waals surface area contributed by atoms with Crippen LogP contribution < -0.4 is 10.3 Å². The highest BCUT2D eigenvalue weighted by atomic mass is 35.5. The SMILES string of the molecule is [C-]#[N+]c1c(C)cc(-c2ccc(Oc3ccc4[nH]c(C(=O)OCC)cc4c3)cc2)n(Cc2ccc(Cl)cc2Cl)c1=O. The lowest BCUT2D eigenvalue weighted by Crippen LogP contribution is -2.23. The summed E-state index contributed by atoms with van der Waals surface area (Å²) in [6.45, 7) is 11.5. The van der Waals surface area contributed by atoms with Crippen LogP contribution in [0, 0.1) is 13.5 Å². The van der Waals surface area contributed by atoms with Gasteiger partial charge in [-0.15, -0.1) is 0 Å². The molecular weight excluding hydrogens is 549 g/mol. The summed E-state index contributed by atoms with van der Waals surface area (Å²) in [6, 6.07) is 21.5. The van der Waals surface area contributed by atoms with Crippen LogP contribution in [0.2, 0.25) is 10.0 Å². The maximum atomic E-state index is 13.3. The number of aromatic amines is 1. The molecule has 9 heteroatoms. The van der Waals surface area contributed by atoms with Crippen LogP contribution in [0.25, 0.3) is 27.0 Å². The van der Waals surface area contributed by atoms with Gasteiger partial charge in [0, 0.05) is 26.6 Å². The number of nitrogens with one attached hydrogen (secondary N) is 1. The fourth-order valence-electron chi connectivity index (χ4n) is 4.43. The zero-order valence-electron chi connectivity index (χ0n) is 21.6. The molecule has 0 unspecified atom stereocenters. The smallest absolute Gasteiger partial charge is 0.354 e. The quantitative estimate of drug-likeness (QED) is 0.158. The Hall–Kier alpha value is -4.51. The van der Waals surface area contributed by atoms with Gasteiger partial charge in [-0.3, -0.25) is 4.79 Å². The molecule has 0 aliphatic rings. The number of ether oxygens (including phenoxy) is 2. The summed E-state index contributed by atoms with van der Waals surface area (Å²) in [7, 11) is 0. The van der Waals surface area contributed by atoms with Crippen molar-refractivity contribution in [2.75, 3.05) is 6.61 Å². The van der Waals surface area contributed by atoms with Gasteiger partial charge in [0.15, 0.2) is 0 Å². The summed E-state index contributed by atoms with van der Waals surface area (Å²) >= 11 is 12.4. The number of fused-ring (bicyclic) bond motifs is 1. The van der Waals surface area contributed by atoms with Crippen LogP contribution in [-0.4, -0.2) is 22.1 Å². The van der Waals surface area contributed by atoms with Crippen molar-refractivity contribution in [1.82, 2.24) is 9.55 Å². The number of H-pyrrole nitrogens is 1. The molecule has 5 rings (SSSR count). The van der Waals surface area contributed by atoms with Gasteiger partial charge >= 0.3 is 5.97 Å². The van der Waals surface area contributed by atoms with Gasteiger partial charge in [-0.2, -0.15) is 0 Å². The van der Waals surface area contributed by atoms with Gasteiger partial charge in [0.2, 0.25) is 0 Å². The normalized spacial score (nSPS) is 10.9. The van der Waals surface area contributed by atoms with E-state index in [2.05, 4.69) is 9.83 Å². The molecule has 7 nitrogen and oxygen atoms in total. The van der Waals surface area contributed by atoms with Crippen molar-refractivity contribution >= 4 is 45.8 Å². The van der Waals surface area contributed by atoms with Crippen molar-refractivity contribution in [2.24, 2.45) is 0 Å². The third-order valence-electron chi connectivity index (χ3n) is 6.39. The van der Waals surface area contributed by atoms with E-state index < -0.39 is 11.5 Å². The highest BCUT2D eigenvalue weighted by Gasteiger charge is 2.16. The number of pyridine rings is 1. The fraction of sp³-hybridized carbons (Fsp3) is 0.129. The van der Waals surface area contributed by atoms with Crippen molar-refractivity contribution < 1.29 is 14.3 Å². The number of hydrogen-bond acceptors (Lipinski definition) is 4. The van der Waals surface area contributed by atoms with Crippen LogP contribution >= 0.6 is 23.2 Å². The molecule has 0 saturated heterocycles. The average molecular weight is 572 g/mol. The van der Waals surface area contributed by atoms with Crippen molar-refractivity contribution in [3.8, 4) is 22.8 Å². The second-order valence-corrected chi connectivity index (χ2v) is 9.92. The summed E-state index contributed by atoms with van der Waals surface area (Å²) in [5, 5.41) is 1.75. The topological polar surface area (TPSA) is 77.7 Å². The van der Waals surface area contributed by atoms with Crippen molar-refractivity contribution in [2.45, 2.75) is 20.4 Å². The summed E-state index contributed by atoms with van der Waals surface area (Å²) in [5.41, 5.74) is 3.57. The molecule has 0 aliphatic heterocycles. The fourth-order valence-corrected chi connectivity index (χ4v) is 4.90. The largest absolute Gasteiger partial charge is 0.461 e. The molecule has 5 aromatic rings. The van der Waals surface area contributed by atoms with Crippen LogP contribution in [0.1, 0.15) is 28.5 Å². The molecule has 200 valence electrons. The zero-order chi connectivity index (χ0) is 28.4. The molecule has 0 atom stereocenters. The van der Waals surface area contributed by atoms with Gasteiger partial charge in [-0.1, -0.05) is 29.3 Å². The van der Waals surface area contributed by atoms with Gasteiger partial charge in [-0.25, -0.2) is 9.64 Å². The predicted molar refractivity (Wildman–Crippen MR) is 157 cm³/mol. The van der Waals surface area contributed by atoms with E-state index >= 15 is 0 Å².